The van der Waals surface area contributed by atoms with Crippen molar-refractivity contribution in [3.05, 3.63) is 70.7 Å². The van der Waals surface area contributed by atoms with Gasteiger partial charge in [-0.15, -0.1) is 0 Å². The number of para-hydroxylation sites is 2. The molecule has 1 heterocycles. The van der Waals surface area contributed by atoms with Crippen LogP contribution in [0.2, 0.25) is 10.0 Å². The number of ether oxygens (including phenoxy) is 4. The molecule has 2 N–H and O–H groups in total. The fraction of sp³-hybridized carbons (Fsp3) is 0.259. The van der Waals surface area contributed by atoms with Crippen LogP contribution in [0.1, 0.15) is 0 Å². The summed E-state index contributed by atoms with van der Waals surface area (Å²) in [5.41, 5.74) is 0.901. The van der Waals surface area contributed by atoms with Gasteiger partial charge in [0.1, 0.15) is 12.4 Å². The molecule has 4 rings (SSSR count). The van der Waals surface area contributed by atoms with Gasteiger partial charge in [0.25, 0.3) is 0 Å². The molecule has 9 nitrogen and oxygen atoms in total. The first kappa shape index (κ1) is 27.5. The SMILES string of the molecule is COc1ccc(NC(=O)CN2CCOCCOc3ccccc3Oc3ccc(Cl)cc3NC(=O)C2)cc1Cl. The summed E-state index contributed by atoms with van der Waals surface area (Å²) in [6.45, 7) is 1.11. The number of halogens is 2. The van der Waals surface area contributed by atoms with Gasteiger partial charge in [-0.05, 0) is 48.5 Å². The van der Waals surface area contributed by atoms with Gasteiger partial charge in [-0.25, -0.2) is 0 Å². The van der Waals surface area contributed by atoms with Gasteiger partial charge in [-0.1, -0.05) is 35.3 Å². The zero-order valence-electron chi connectivity index (χ0n) is 20.7. The zero-order chi connectivity index (χ0) is 26.9. The molecule has 0 aromatic heterocycles. The Morgan fingerprint density at radius 2 is 1.84 bits per heavy atom. The Morgan fingerprint density at radius 3 is 2.63 bits per heavy atom. The Balaban J connectivity index is 1.49. The molecular formula is C27H27Cl2N3O6. The van der Waals surface area contributed by atoms with Gasteiger partial charge in [-0.3, -0.25) is 14.5 Å². The van der Waals surface area contributed by atoms with Crippen LogP contribution in [0, 0.1) is 0 Å². The molecule has 0 saturated heterocycles. The maximum absolute atomic E-state index is 13.0. The maximum Gasteiger partial charge on any atom is 0.238 e. The van der Waals surface area contributed by atoms with Crippen LogP contribution in [0.5, 0.6) is 23.0 Å². The monoisotopic (exact) mass is 559 g/mol. The van der Waals surface area contributed by atoms with E-state index >= 15 is 0 Å². The molecule has 0 saturated carbocycles. The highest BCUT2D eigenvalue weighted by Crippen LogP contribution is 2.36. The summed E-state index contributed by atoms with van der Waals surface area (Å²) in [4.78, 5) is 27.5. The smallest absolute Gasteiger partial charge is 0.238 e. The van der Waals surface area contributed by atoms with Crippen molar-refractivity contribution in [3.63, 3.8) is 0 Å². The van der Waals surface area contributed by atoms with E-state index in [0.29, 0.717) is 70.8 Å². The van der Waals surface area contributed by atoms with Crippen LogP contribution in [0.15, 0.2) is 60.7 Å². The minimum Gasteiger partial charge on any atom is -0.495 e. The Hall–Kier alpha value is -3.50. The molecule has 3 aromatic carbocycles. The van der Waals surface area contributed by atoms with Gasteiger partial charge in [0.2, 0.25) is 11.8 Å². The predicted molar refractivity (Wildman–Crippen MR) is 146 cm³/mol. The lowest BCUT2D eigenvalue weighted by Crippen LogP contribution is -2.40. The highest BCUT2D eigenvalue weighted by Gasteiger charge is 2.18. The van der Waals surface area contributed by atoms with Crippen molar-refractivity contribution in [2.45, 2.75) is 0 Å². The third-order valence-electron chi connectivity index (χ3n) is 5.49. The molecule has 0 spiro atoms. The Morgan fingerprint density at radius 1 is 1.03 bits per heavy atom. The van der Waals surface area contributed by atoms with Crippen LogP contribution in [-0.2, 0) is 14.3 Å². The standard InChI is InChI=1S/C27H27Cl2N3O6/c1-35-22-9-7-19(15-20(22)29)30-26(33)16-32-10-11-36-12-13-37-24-4-2-3-5-25(24)38-23-8-6-18(28)14-21(23)31-27(34)17-32/h2-9,14-15H,10-13,16-17H2,1H3,(H,30,33)(H,31,34). The molecule has 0 bridgehead atoms. The van der Waals surface area contributed by atoms with Gasteiger partial charge in [0.05, 0.1) is 44.1 Å². The second-order valence-electron chi connectivity index (χ2n) is 8.31. The summed E-state index contributed by atoms with van der Waals surface area (Å²) in [7, 11) is 1.51. The number of rotatable bonds is 4. The molecule has 1 aliphatic rings. The van der Waals surface area contributed by atoms with E-state index in [-0.39, 0.29) is 24.9 Å². The van der Waals surface area contributed by atoms with E-state index in [1.807, 2.05) is 12.1 Å². The number of carbonyl (C=O) groups excluding carboxylic acids is 2. The summed E-state index contributed by atoms with van der Waals surface area (Å²) >= 11 is 12.4. The summed E-state index contributed by atoms with van der Waals surface area (Å²) in [6, 6.07) is 17.1. The minimum absolute atomic E-state index is 0.0543. The van der Waals surface area contributed by atoms with Crippen molar-refractivity contribution < 1.29 is 28.5 Å². The number of hydrogen-bond donors (Lipinski definition) is 2. The van der Waals surface area contributed by atoms with Crippen molar-refractivity contribution in [3.8, 4) is 23.0 Å². The molecular weight excluding hydrogens is 533 g/mol. The average Bonchev–Trinajstić information content (AvgIpc) is 2.88. The molecule has 1 aliphatic heterocycles. The number of hydrogen-bond acceptors (Lipinski definition) is 7. The van der Waals surface area contributed by atoms with E-state index in [2.05, 4.69) is 10.6 Å². The van der Waals surface area contributed by atoms with Gasteiger partial charge in [-0.2, -0.15) is 0 Å². The van der Waals surface area contributed by atoms with E-state index < -0.39 is 0 Å². The predicted octanol–water partition coefficient (Wildman–Crippen LogP) is 5.08. The number of benzene rings is 3. The van der Waals surface area contributed by atoms with Gasteiger partial charge < -0.3 is 29.6 Å². The number of nitrogens with zero attached hydrogens (tertiary/aromatic N) is 1. The van der Waals surface area contributed by atoms with Crippen LogP contribution in [-0.4, -0.2) is 63.3 Å². The highest BCUT2D eigenvalue weighted by atomic mass is 35.5. The maximum atomic E-state index is 13.0. The fourth-order valence-corrected chi connectivity index (χ4v) is 4.15. The molecule has 38 heavy (non-hydrogen) atoms. The molecule has 200 valence electrons. The zero-order valence-corrected chi connectivity index (χ0v) is 22.2. The number of anilines is 2. The van der Waals surface area contributed by atoms with E-state index in [1.165, 1.54) is 7.11 Å². The number of methoxy groups -OCH3 is 1. The van der Waals surface area contributed by atoms with Gasteiger partial charge in [0, 0.05) is 17.3 Å². The highest BCUT2D eigenvalue weighted by molar-refractivity contribution is 6.32. The first-order chi connectivity index (χ1) is 18.4. The quantitative estimate of drug-likeness (QED) is 0.459. The third-order valence-corrected chi connectivity index (χ3v) is 6.02. The number of carbonyl (C=O) groups is 2. The van der Waals surface area contributed by atoms with Crippen molar-refractivity contribution in [1.29, 1.82) is 0 Å². The second kappa shape index (κ2) is 13.3. The molecule has 0 unspecified atom stereocenters. The van der Waals surface area contributed by atoms with Gasteiger partial charge >= 0.3 is 0 Å². The summed E-state index contributed by atoms with van der Waals surface area (Å²) < 4.78 is 22.7. The van der Waals surface area contributed by atoms with E-state index in [1.54, 1.807) is 53.4 Å². The van der Waals surface area contributed by atoms with Crippen LogP contribution < -0.4 is 24.8 Å². The Labute approximate surface area is 230 Å². The summed E-state index contributed by atoms with van der Waals surface area (Å²) in [5, 5.41) is 6.43. The van der Waals surface area contributed by atoms with Crippen molar-refractivity contribution in [2.24, 2.45) is 0 Å². The number of amides is 2. The summed E-state index contributed by atoms with van der Waals surface area (Å²) in [6.07, 6.45) is 0. The molecule has 11 heteroatoms. The molecule has 0 atom stereocenters. The van der Waals surface area contributed by atoms with Crippen LogP contribution in [0.25, 0.3) is 0 Å². The molecule has 0 fully saturated rings. The lowest BCUT2D eigenvalue weighted by molar-refractivity contribution is -0.120. The van der Waals surface area contributed by atoms with Crippen molar-refractivity contribution in [1.82, 2.24) is 4.90 Å². The average molecular weight is 560 g/mol. The van der Waals surface area contributed by atoms with Crippen LogP contribution >= 0.6 is 23.2 Å². The third kappa shape index (κ3) is 7.75. The van der Waals surface area contributed by atoms with E-state index in [9.17, 15) is 9.59 Å². The molecule has 0 radical (unpaired) electrons. The van der Waals surface area contributed by atoms with Crippen LogP contribution in [0.4, 0.5) is 11.4 Å². The van der Waals surface area contributed by atoms with E-state index in [0.717, 1.165) is 0 Å². The van der Waals surface area contributed by atoms with Crippen LogP contribution in [0.3, 0.4) is 0 Å². The van der Waals surface area contributed by atoms with Crippen molar-refractivity contribution >= 4 is 46.4 Å². The molecule has 0 aliphatic carbocycles. The second-order valence-corrected chi connectivity index (χ2v) is 9.15. The lowest BCUT2D eigenvalue weighted by Gasteiger charge is -2.21. The van der Waals surface area contributed by atoms with Crippen molar-refractivity contribution in [2.75, 3.05) is 57.2 Å². The number of fused-ring (bicyclic) bond motifs is 2. The van der Waals surface area contributed by atoms with Gasteiger partial charge in [0.15, 0.2) is 17.2 Å². The first-order valence-corrected chi connectivity index (χ1v) is 12.6. The molecule has 3 aromatic rings. The minimum atomic E-state index is -0.350. The first-order valence-electron chi connectivity index (χ1n) is 11.8. The number of nitrogens with one attached hydrogen (secondary N) is 2. The Bertz CT molecular complexity index is 1290. The van der Waals surface area contributed by atoms with E-state index in [4.69, 9.17) is 42.1 Å². The normalized spacial score (nSPS) is 14.9. The molecule has 2 amide bonds. The lowest BCUT2D eigenvalue weighted by atomic mass is 10.2. The fourth-order valence-electron chi connectivity index (χ4n) is 3.72. The topological polar surface area (TPSA) is 98.4 Å². The summed E-state index contributed by atoms with van der Waals surface area (Å²) in [5.74, 6) is 1.25. The Kier molecular flexibility index (Phi) is 9.67. The largest absolute Gasteiger partial charge is 0.495 e.